The van der Waals surface area contributed by atoms with E-state index in [1.165, 1.54) is 49.4 Å². The summed E-state index contributed by atoms with van der Waals surface area (Å²) in [6.07, 6.45) is -1.62. The van der Waals surface area contributed by atoms with Crippen LogP contribution in [0.1, 0.15) is 12.6 Å². The van der Waals surface area contributed by atoms with E-state index < -0.39 is 27.5 Å². The summed E-state index contributed by atoms with van der Waals surface area (Å²) in [7, 11) is -3.50. The molecule has 0 amide bonds. The maximum Gasteiger partial charge on any atom is 0.434 e. The van der Waals surface area contributed by atoms with Gasteiger partial charge in [-0.1, -0.05) is 30.2 Å². The predicted molar refractivity (Wildman–Crippen MR) is 107 cm³/mol. The van der Waals surface area contributed by atoms with Gasteiger partial charge in [-0.2, -0.15) is 13.2 Å². The van der Waals surface area contributed by atoms with E-state index in [9.17, 15) is 26.0 Å². The molecule has 31 heavy (non-hydrogen) atoms. The number of hydrogen-bond donors (Lipinski definition) is 0. The molecule has 2 aromatic carbocycles. The van der Waals surface area contributed by atoms with Crippen molar-refractivity contribution in [1.29, 1.82) is 0 Å². The molecule has 0 N–H and O–H groups in total. The van der Waals surface area contributed by atoms with Crippen LogP contribution in [0.5, 0.6) is 5.88 Å². The quantitative estimate of drug-likeness (QED) is 0.399. The molecule has 0 atom stereocenters. The van der Waals surface area contributed by atoms with Gasteiger partial charge in [0, 0.05) is 24.8 Å². The summed E-state index contributed by atoms with van der Waals surface area (Å²) in [5.74, 6) is 1.42. The predicted octanol–water partition coefficient (Wildman–Crippen LogP) is 5.34. The van der Waals surface area contributed by atoms with Crippen LogP contribution >= 0.6 is 0 Å². The van der Waals surface area contributed by atoms with Crippen molar-refractivity contribution >= 4 is 9.84 Å². The molecule has 0 spiro atoms. The minimum atomic E-state index is -4.86. The SMILES string of the molecule is CC#COc1cc(-c2ccc(S(C)(=O)=O)cc2)c(-c2ccc(F)cc2)c(C(F)(F)F)n1. The summed E-state index contributed by atoms with van der Waals surface area (Å²) in [5, 5.41) is 0. The van der Waals surface area contributed by atoms with Gasteiger partial charge in [0.05, 0.1) is 4.90 Å². The molecular formula is C22H15F4NO3S. The molecule has 0 aliphatic rings. The van der Waals surface area contributed by atoms with Gasteiger partial charge in [-0.05, 0) is 41.0 Å². The lowest BCUT2D eigenvalue weighted by atomic mass is 9.93. The van der Waals surface area contributed by atoms with Crippen LogP contribution in [0.2, 0.25) is 0 Å². The highest BCUT2D eigenvalue weighted by atomic mass is 32.2. The van der Waals surface area contributed by atoms with E-state index in [4.69, 9.17) is 4.74 Å². The molecule has 0 fully saturated rings. The van der Waals surface area contributed by atoms with Crippen LogP contribution in [0.25, 0.3) is 22.3 Å². The Bertz CT molecular complexity index is 1270. The lowest BCUT2D eigenvalue weighted by Gasteiger charge is -2.18. The van der Waals surface area contributed by atoms with Crippen LogP contribution in [0.3, 0.4) is 0 Å². The molecule has 0 saturated carbocycles. The summed E-state index contributed by atoms with van der Waals surface area (Å²) in [4.78, 5) is 3.60. The van der Waals surface area contributed by atoms with Gasteiger partial charge in [-0.3, -0.25) is 0 Å². The fourth-order valence-corrected chi connectivity index (χ4v) is 3.53. The summed E-state index contributed by atoms with van der Waals surface area (Å²) >= 11 is 0. The molecule has 1 heterocycles. The van der Waals surface area contributed by atoms with Gasteiger partial charge in [0.2, 0.25) is 5.88 Å². The normalized spacial score (nSPS) is 11.5. The summed E-state index contributed by atoms with van der Waals surface area (Å²) in [6, 6.07) is 11.1. The van der Waals surface area contributed by atoms with Crippen molar-refractivity contribution in [3.8, 4) is 40.2 Å². The maximum atomic E-state index is 13.9. The monoisotopic (exact) mass is 449 g/mol. The van der Waals surface area contributed by atoms with Crippen molar-refractivity contribution < 1.29 is 30.7 Å². The first-order chi connectivity index (χ1) is 14.5. The molecule has 0 aliphatic heterocycles. The number of benzene rings is 2. The number of rotatable bonds is 4. The van der Waals surface area contributed by atoms with Crippen LogP contribution in [0, 0.1) is 17.8 Å². The van der Waals surface area contributed by atoms with Crippen molar-refractivity contribution in [3.63, 3.8) is 0 Å². The van der Waals surface area contributed by atoms with Gasteiger partial charge in [-0.15, -0.1) is 0 Å². The molecule has 0 saturated heterocycles. The fourth-order valence-electron chi connectivity index (χ4n) is 2.90. The second-order valence-electron chi connectivity index (χ2n) is 6.49. The zero-order chi connectivity index (χ0) is 22.8. The van der Waals surface area contributed by atoms with Crippen LogP contribution < -0.4 is 4.74 Å². The van der Waals surface area contributed by atoms with Gasteiger partial charge >= 0.3 is 6.18 Å². The molecule has 3 rings (SSSR count). The minimum Gasteiger partial charge on any atom is -0.388 e. The standard InChI is InChI=1S/C22H15F4NO3S/c1-3-12-30-19-13-18(14-6-10-17(11-7-14)31(2,28)29)20(21(27-19)22(24,25)26)15-4-8-16(23)9-5-15/h4-11,13H,1-2H3. The first kappa shape index (κ1) is 22.3. The Kier molecular flexibility index (Phi) is 6.04. The zero-order valence-corrected chi connectivity index (χ0v) is 17.1. The van der Waals surface area contributed by atoms with Crippen molar-refractivity contribution in [2.45, 2.75) is 18.0 Å². The highest BCUT2D eigenvalue weighted by Gasteiger charge is 2.38. The number of halogens is 4. The van der Waals surface area contributed by atoms with E-state index in [2.05, 4.69) is 17.0 Å². The summed E-state index contributed by atoms with van der Waals surface area (Å²) < 4.78 is 83.6. The maximum absolute atomic E-state index is 13.9. The van der Waals surface area contributed by atoms with Crippen molar-refractivity contribution in [2.24, 2.45) is 0 Å². The van der Waals surface area contributed by atoms with Crippen LogP contribution in [-0.4, -0.2) is 19.7 Å². The second-order valence-corrected chi connectivity index (χ2v) is 8.50. The smallest absolute Gasteiger partial charge is 0.388 e. The second kappa shape index (κ2) is 8.40. The van der Waals surface area contributed by atoms with Gasteiger partial charge in [0.15, 0.2) is 15.5 Å². The number of aromatic nitrogens is 1. The molecular weight excluding hydrogens is 434 g/mol. The van der Waals surface area contributed by atoms with E-state index in [-0.39, 0.29) is 33.0 Å². The topological polar surface area (TPSA) is 56.3 Å². The van der Waals surface area contributed by atoms with Gasteiger partial charge in [0.1, 0.15) is 11.9 Å². The molecule has 0 bridgehead atoms. The molecule has 0 unspecified atom stereocenters. The first-order valence-electron chi connectivity index (χ1n) is 8.78. The number of hydrogen-bond acceptors (Lipinski definition) is 4. The molecule has 160 valence electrons. The highest BCUT2D eigenvalue weighted by molar-refractivity contribution is 7.90. The Morgan fingerprint density at radius 1 is 0.968 bits per heavy atom. The molecule has 9 heteroatoms. The van der Waals surface area contributed by atoms with E-state index in [1.54, 1.807) is 0 Å². The van der Waals surface area contributed by atoms with Crippen LogP contribution in [-0.2, 0) is 16.0 Å². The Hall–Kier alpha value is -3.38. The number of alkyl halides is 3. The average molecular weight is 449 g/mol. The molecule has 1 aromatic heterocycles. The molecule has 0 radical (unpaired) electrons. The summed E-state index contributed by atoms with van der Waals surface area (Å²) in [5.41, 5.74) is -1.10. The fraction of sp³-hybridized carbons (Fsp3) is 0.136. The lowest BCUT2D eigenvalue weighted by molar-refractivity contribution is -0.140. The number of ether oxygens (including phenoxy) is 1. The van der Waals surface area contributed by atoms with Crippen molar-refractivity contribution in [2.75, 3.05) is 6.26 Å². The number of sulfone groups is 1. The Labute approximate surface area is 176 Å². The first-order valence-corrected chi connectivity index (χ1v) is 10.7. The molecule has 0 aliphatic carbocycles. The Morgan fingerprint density at radius 3 is 2.06 bits per heavy atom. The zero-order valence-electron chi connectivity index (χ0n) is 16.3. The minimum absolute atomic E-state index is 0.0120. The van der Waals surface area contributed by atoms with Crippen molar-refractivity contribution in [3.05, 3.63) is 66.1 Å². The van der Waals surface area contributed by atoms with Gasteiger partial charge < -0.3 is 4.74 Å². The third-order valence-electron chi connectivity index (χ3n) is 4.25. The van der Waals surface area contributed by atoms with E-state index >= 15 is 0 Å². The number of pyridine rings is 1. The van der Waals surface area contributed by atoms with Gasteiger partial charge in [-0.25, -0.2) is 17.8 Å². The third kappa shape index (κ3) is 5.03. The highest BCUT2D eigenvalue weighted by Crippen LogP contribution is 2.43. The molecule has 3 aromatic rings. The molecule has 4 nitrogen and oxygen atoms in total. The number of nitrogens with zero attached hydrogens (tertiary/aromatic N) is 1. The van der Waals surface area contributed by atoms with Crippen LogP contribution in [0.15, 0.2) is 59.5 Å². The summed E-state index contributed by atoms with van der Waals surface area (Å²) in [6.45, 7) is 1.45. The Balaban J connectivity index is 2.35. The van der Waals surface area contributed by atoms with Crippen molar-refractivity contribution in [1.82, 2.24) is 4.98 Å². The lowest BCUT2D eigenvalue weighted by Crippen LogP contribution is -2.12. The van der Waals surface area contributed by atoms with E-state index in [1.807, 2.05) is 0 Å². The van der Waals surface area contributed by atoms with E-state index in [0.29, 0.717) is 0 Å². The van der Waals surface area contributed by atoms with Crippen LogP contribution in [0.4, 0.5) is 17.6 Å². The van der Waals surface area contributed by atoms with E-state index in [0.717, 1.165) is 18.4 Å². The average Bonchev–Trinajstić information content (AvgIpc) is 2.71. The Morgan fingerprint density at radius 2 is 1.55 bits per heavy atom. The largest absolute Gasteiger partial charge is 0.434 e. The third-order valence-corrected chi connectivity index (χ3v) is 5.38. The van der Waals surface area contributed by atoms with Gasteiger partial charge in [0.25, 0.3) is 0 Å².